The highest BCUT2D eigenvalue weighted by Crippen LogP contribution is 2.33. The number of carboxylic acids is 2. The van der Waals surface area contributed by atoms with Gasteiger partial charge in [0.25, 0.3) is 0 Å². The van der Waals surface area contributed by atoms with Crippen LogP contribution in [0.25, 0.3) is 0 Å². The van der Waals surface area contributed by atoms with Gasteiger partial charge in [-0.3, -0.25) is 9.59 Å². The van der Waals surface area contributed by atoms with Crippen molar-refractivity contribution in [1.82, 2.24) is 21.3 Å². The first-order valence-corrected chi connectivity index (χ1v) is 14.0. The topological polar surface area (TPSA) is 123 Å². The molecule has 5 rings (SSSR count). The number of fused-ring (bicyclic) bond motifs is 4. The van der Waals surface area contributed by atoms with Crippen molar-refractivity contribution in [3.8, 4) is 0 Å². The molecule has 8 nitrogen and oxygen atoms in total. The van der Waals surface area contributed by atoms with E-state index in [0.717, 1.165) is 77.0 Å². The zero-order valence-electron chi connectivity index (χ0n) is 20.4. The molecule has 192 valence electrons. The second-order valence-corrected chi connectivity index (χ2v) is 11.7. The summed E-state index contributed by atoms with van der Waals surface area (Å²) in [6.07, 6.45) is 14.3. The van der Waals surface area contributed by atoms with Crippen molar-refractivity contribution >= 4 is 11.9 Å². The molecule has 34 heavy (non-hydrogen) atoms. The first-order chi connectivity index (χ1) is 16.5. The van der Waals surface area contributed by atoms with Gasteiger partial charge in [0.15, 0.2) is 0 Å². The summed E-state index contributed by atoms with van der Waals surface area (Å²) < 4.78 is 0. The Morgan fingerprint density at radius 2 is 0.765 bits per heavy atom. The molecule has 5 fully saturated rings. The van der Waals surface area contributed by atoms with Crippen LogP contribution in [0.2, 0.25) is 0 Å². The van der Waals surface area contributed by atoms with Crippen LogP contribution < -0.4 is 21.3 Å². The maximum atomic E-state index is 12.3. The molecule has 6 N–H and O–H groups in total. The number of hydrogen-bond donors (Lipinski definition) is 6. The van der Waals surface area contributed by atoms with Gasteiger partial charge in [0, 0.05) is 48.3 Å². The molecule has 0 bridgehead atoms. The summed E-state index contributed by atoms with van der Waals surface area (Å²) in [5.41, 5.74) is 0. The molecule has 0 aromatic heterocycles. The van der Waals surface area contributed by atoms with Crippen molar-refractivity contribution in [3.05, 3.63) is 0 Å². The van der Waals surface area contributed by atoms with Crippen LogP contribution >= 0.6 is 0 Å². The van der Waals surface area contributed by atoms with Gasteiger partial charge in [-0.2, -0.15) is 0 Å². The molecule has 1 aliphatic heterocycles. The first kappa shape index (κ1) is 24.5. The van der Waals surface area contributed by atoms with Crippen molar-refractivity contribution in [2.75, 3.05) is 0 Å². The fourth-order valence-corrected chi connectivity index (χ4v) is 7.89. The fourth-order valence-electron chi connectivity index (χ4n) is 7.89. The predicted molar refractivity (Wildman–Crippen MR) is 130 cm³/mol. The quantitative estimate of drug-likeness (QED) is 0.359. The lowest BCUT2D eigenvalue weighted by Crippen LogP contribution is -2.70. The van der Waals surface area contributed by atoms with Gasteiger partial charge >= 0.3 is 11.9 Å². The Bertz CT molecular complexity index is 676. The summed E-state index contributed by atoms with van der Waals surface area (Å²) in [6, 6.07) is 1.14. The second kappa shape index (κ2) is 10.8. The van der Waals surface area contributed by atoms with Crippen molar-refractivity contribution in [3.63, 3.8) is 0 Å². The summed E-state index contributed by atoms with van der Waals surface area (Å²) in [5, 5.41) is 35.8. The Morgan fingerprint density at radius 3 is 1.12 bits per heavy atom. The molecule has 0 aromatic carbocycles. The van der Waals surface area contributed by atoms with Crippen molar-refractivity contribution in [1.29, 1.82) is 0 Å². The standard InChI is InChI=1S/C26H44N4O4/c31-25(32)15-7-5-13-21-23(15)29-19-11-3-4-12-20(19)30-24-16(26(33)34)8-6-14-22(24)28-18-10-2-1-9-17(18)27-21/h15-24,27-30H,1-14H2,(H,31,32)(H,33,34). The number of rotatable bonds is 2. The Kier molecular flexibility index (Phi) is 7.78. The van der Waals surface area contributed by atoms with E-state index in [1.54, 1.807) is 0 Å². The van der Waals surface area contributed by atoms with Gasteiger partial charge in [-0.15, -0.1) is 0 Å². The van der Waals surface area contributed by atoms with E-state index >= 15 is 0 Å². The smallest absolute Gasteiger partial charge is 0.308 e. The molecular weight excluding hydrogens is 432 g/mol. The van der Waals surface area contributed by atoms with Gasteiger partial charge in [-0.25, -0.2) is 0 Å². The molecule has 10 unspecified atom stereocenters. The second-order valence-electron chi connectivity index (χ2n) is 11.7. The molecule has 8 heteroatoms. The number of carboxylic acid groups (broad SMARTS) is 2. The van der Waals surface area contributed by atoms with Crippen LogP contribution in [0.3, 0.4) is 0 Å². The normalized spacial score (nSPS) is 45.8. The van der Waals surface area contributed by atoms with E-state index in [-0.39, 0.29) is 48.1 Å². The highest BCUT2D eigenvalue weighted by atomic mass is 16.4. The van der Waals surface area contributed by atoms with Crippen molar-refractivity contribution < 1.29 is 19.8 Å². The Balaban J connectivity index is 1.48. The van der Waals surface area contributed by atoms with Crippen molar-refractivity contribution in [2.24, 2.45) is 11.8 Å². The van der Waals surface area contributed by atoms with E-state index in [9.17, 15) is 19.8 Å². The molecule has 0 aromatic rings. The number of aliphatic carboxylic acids is 2. The molecule has 4 aliphatic carbocycles. The van der Waals surface area contributed by atoms with Crippen LogP contribution in [0, 0.1) is 11.8 Å². The molecule has 10 atom stereocenters. The predicted octanol–water partition coefficient (Wildman–Crippen LogP) is 2.22. The molecule has 0 amide bonds. The fraction of sp³-hybridized carbons (Fsp3) is 0.923. The lowest BCUT2D eigenvalue weighted by Gasteiger charge is -2.49. The van der Waals surface area contributed by atoms with Gasteiger partial charge in [0.1, 0.15) is 0 Å². The number of nitrogens with one attached hydrogen (secondary N) is 4. The molecule has 5 aliphatic rings. The van der Waals surface area contributed by atoms with E-state index in [4.69, 9.17) is 0 Å². The Hall–Kier alpha value is -1.22. The van der Waals surface area contributed by atoms with Crippen LogP contribution in [-0.2, 0) is 9.59 Å². The lowest BCUT2D eigenvalue weighted by atomic mass is 9.76. The highest BCUT2D eigenvalue weighted by Gasteiger charge is 2.45. The molecule has 1 heterocycles. The SMILES string of the molecule is O=C(O)C1CCCC2NC3CCCCC3NC3CCCC(C(=O)O)C3NC3CCCCC3NC21. The van der Waals surface area contributed by atoms with Gasteiger partial charge < -0.3 is 31.5 Å². The minimum absolute atomic E-state index is 0.0851. The van der Waals surface area contributed by atoms with E-state index in [0.29, 0.717) is 12.1 Å². The zero-order valence-corrected chi connectivity index (χ0v) is 20.4. The zero-order chi connectivity index (χ0) is 23.7. The molecule has 0 spiro atoms. The van der Waals surface area contributed by atoms with Crippen molar-refractivity contribution in [2.45, 2.75) is 138 Å². The third-order valence-electron chi connectivity index (χ3n) is 9.63. The van der Waals surface area contributed by atoms with Gasteiger partial charge in [0.2, 0.25) is 0 Å². The van der Waals surface area contributed by atoms with Gasteiger partial charge in [0.05, 0.1) is 11.8 Å². The summed E-state index contributed by atoms with van der Waals surface area (Å²) in [6.45, 7) is 0. The summed E-state index contributed by atoms with van der Waals surface area (Å²) in [4.78, 5) is 24.5. The van der Waals surface area contributed by atoms with E-state index in [1.807, 2.05) is 0 Å². The number of hydrogen-bond acceptors (Lipinski definition) is 6. The average molecular weight is 477 g/mol. The maximum absolute atomic E-state index is 12.3. The minimum Gasteiger partial charge on any atom is -0.481 e. The molecular formula is C26H44N4O4. The van der Waals surface area contributed by atoms with Crippen LogP contribution in [0.15, 0.2) is 0 Å². The van der Waals surface area contributed by atoms with E-state index in [2.05, 4.69) is 21.3 Å². The Labute approximate surface area is 203 Å². The largest absolute Gasteiger partial charge is 0.481 e. The van der Waals surface area contributed by atoms with E-state index in [1.165, 1.54) is 12.8 Å². The Morgan fingerprint density at radius 1 is 0.441 bits per heavy atom. The van der Waals surface area contributed by atoms with Gasteiger partial charge in [-0.05, 0) is 51.4 Å². The monoisotopic (exact) mass is 476 g/mol. The molecule has 1 saturated heterocycles. The van der Waals surface area contributed by atoms with Crippen LogP contribution in [0.4, 0.5) is 0 Å². The van der Waals surface area contributed by atoms with Crippen LogP contribution in [-0.4, -0.2) is 70.5 Å². The molecule has 0 radical (unpaired) electrons. The third kappa shape index (κ3) is 5.15. The minimum atomic E-state index is -0.687. The van der Waals surface area contributed by atoms with Gasteiger partial charge in [-0.1, -0.05) is 38.5 Å². The summed E-state index contributed by atoms with van der Waals surface area (Å²) >= 11 is 0. The summed E-state index contributed by atoms with van der Waals surface area (Å²) in [5.74, 6) is -2.12. The van der Waals surface area contributed by atoms with Crippen LogP contribution in [0.5, 0.6) is 0 Å². The summed E-state index contributed by atoms with van der Waals surface area (Å²) in [7, 11) is 0. The first-order valence-electron chi connectivity index (χ1n) is 14.0. The van der Waals surface area contributed by atoms with Crippen LogP contribution in [0.1, 0.15) is 89.9 Å². The maximum Gasteiger partial charge on any atom is 0.308 e. The third-order valence-corrected chi connectivity index (χ3v) is 9.63. The highest BCUT2D eigenvalue weighted by molar-refractivity contribution is 5.71. The van der Waals surface area contributed by atoms with E-state index < -0.39 is 11.9 Å². The molecule has 4 saturated carbocycles. The average Bonchev–Trinajstić information content (AvgIpc) is 2.82. The lowest BCUT2D eigenvalue weighted by molar-refractivity contribution is -0.146. The number of carbonyl (C=O) groups is 2.